The number of ether oxygens (including phenoxy) is 1. The van der Waals surface area contributed by atoms with Crippen molar-refractivity contribution in [1.29, 1.82) is 0 Å². The van der Waals surface area contributed by atoms with Crippen LogP contribution in [0.1, 0.15) is 44.0 Å². The van der Waals surface area contributed by atoms with Gasteiger partial charge in [-0.3, -0.25) is 4.98 Å². The van der Waals surface area contributed by atoms with Gasteiger partial charge in [0.1, 0.15) is 12.4 Å². The third-order valence-corrected chi connectivity index (χ3v) is 3.44. The molecule has 0 aliphatic heterocycles. The van der Waals surface area contributed by atoms with Crippen LogP contribution in [0.2, 0.25) is 0 Å². The highest BCUT2D eigenvalue weighted by molar-refractivity contribution is 5.29. The van der Waals surface area contributed by atoms with Gasteiger partial charge >= 0.3 is 0 Å². The fourth-order valence-electron chi connectivity index (χ4n) is 2.25. The minimum atomic E-state index is 0.426. The van der Waals surface area contributed by atoms with Gasteiger partial charge in [0.2, 0.25) is 0 Å². The largest absolute Gasteiger partial charge is 0.487 e. The summed E-state index contributed by atoms with van der Waals surface area (Å²) in [5.41, 5.74) is 2.26. The van der Waals surface area contributed by atoms with Gasteiger partial charge in [-0.05, 0) is 49.2 Å². The minimum Gasteiger partial charge on any atom is -0.487 e. The molecule has 1 unspecified atom stereocenters. The summed E-state index contributed by atoms with van der Waals surface area (Å²) >= 11 is 0. The molecule has 0 amide bonds. The average Bonchev–Trinajstić information content (AvgIpc) is 2.56. The van der Waals surface area contributed by atoms with Gasteiger partial charge in [-0.25, -0.2) is 0 Å². The second-order valence-electron chi connectivity index (χ2n) is 5.09. The third kappa shape index (κ3) is 4.87. The van der Waals surface area contributed by atoms with E-state index in [9.17, 15) is 0 Å². The van der Waals surface area contributed by atoms with Crippen LogP contribution in [0.25, 0.3) is 0 Å². The Bertz CT molecular complexity index is 511. The molecule has 2 rings (SSSR count). The molecule has 1 heterocycles. The van der Waals surface area contributed by atoms with E-state index in [0.717, 1.165) is 30.8 Å². The molecule has 0 fully saturated rings. The lowest BCUT2D eigenvalue weighted by atomic mass is 10.0. The summed E-state index contributed by atoms with van der Waals surface area (Å²) in [6.45, 7) is 5.95. The Kier molecular flexibility index (Phi) is 6.22. The quantitative estimate of drug-likeness (QED) is 0.792. The number of hydrogen-bond acceptors (Lipinski definition) is 3. The van der Waals surface area contributed by atoms with Gasteiger partial charge < -0.3 is 10.1 Å². The zero-order valence-corrected chi connectivity index (χ0v) is 12.9. The van der Waals surface area contributed by atoms with E-state index in [4.69, 9.17) is 4.74 Å². The summed E-state index contributed by atoms with van der Waals surface area (Å²) in [5.74, 6) is 0.884. The van der Waals surface area contributed by atoms with E-state index < -0.39 is 0 Å². The molecule has 1 N–H and O–H groups in total. The molecule has 0 radical (unpaired) electrons. The topological polar surface area (TPSA) is 34.1 Å². The normalized spacial score (nSPS) is 12.1. The van der Waals surface area contributed by atoms with Crippen LogP contribution in [0.15, 0.2) is 48.7 Å². The smallest absolute Gasteiger partial charge is 0.130 e. The van der Waals surface area contributed by atoms with Crippen LogP contribution in [-0.2, 0) is 6.61 Å². The van der Waals surface area contributed by atoms with Gasteiger partial charge in [-0.1, -0.05) is 32.0 Å². The number of nitrogens with zero attached hydrogens (tertiary/aromatic N) is 1. The van der Waals surface area contributed by atoms with Crippen molar-refractivity contribution in [2.45, 2.75) is 39.3 Å². The highest BCUT2D eigenvalue weighted by atomic mass is 16.5. The fraction of sp³-hybridized carbons (Fsp3) is 0.389. The van der Waals surface area contributed by atoms with E-state index >= 15 is 0 Å². The first-order valence-electron chi connectivity index (χ1n) is 7.69. The molecule has 0 spiro atoms. The highest BCUT2D eigenvalue weighted by Crippen LogP contribution is 2.20. The summed E-state index contributed by atoms with van der Waals surface area (Å²) in [4.78, 5) is 4.25. The number of aromatic nitrogens is 1. The highest BCUT2D eigenvalue weighted by Gasteiger charge is 2.07. The van der Waals surface area contributed by atoms with Crippen molar-refractivity contribution in [2.24, 2.45) is 0 Å². The molecule has 1 aromatic carbocycles. The summed E-state index contributed by atoms with van der Waals surface area (Å²) in [6, 6.07) is 14.6. The van der Waals surface area contributed by atoms with Gasteiger partial charge in [0.15, 0.2) is 0 Å². The molecule has 0 aliphatic rings. The molecular weight excluding hydrogens is 260 g/mol. The molecule has 0 bridgehead atoms. The lowest BCUT2D eigenvalue weighted by Gasteiger charge is -2.17. The van der Waals surface area contributed by atoms with E-state index in [2.05, 4.69) is 36.3 Å². The third-order valence-electron chi connectivity index (χ3n) is 3.44. The number of rotatable bonds is 8. The van der Waals surface area contributed by atoms with Gasteiger partial charge in [0.25, 0.3) is 0 Å². The Balaban J connectivity index is 1.92. The van der Waals surface area contributed by atoms with E-state index in [-0.39, 0.29) is 0 Å². The lowest BCUT2D eigenvalue weighted by Crippen LogP contribution is -2.21. The summed E-state index contributed by atoms with van der Waals surface area (Å²) in [6.07, 6.45) is 4.03. The van der Waals surface area contributed by atoms with Crippen molar-refractivity contribution < 1.29 is 4.74 Å². The van der Waals surface area contributed by atoms with Crippen LogP contribution in [0.3, 0.4) is 0 Å². The predicted octanol–water partition coefficient (Wildman–Crippen LogP) is 4.11. The molecule has 1 aromatic heterocycles. The zero-order valence-electron chi connectivity index (χ0n) is 12.9. The fourth-order valence-corrected chi connectivity index (χ4v) is 2.25. The first-order valence-corrected chi connectivity index (χ1v) is 7.69. The zero-order chi connectivity index (χ0) is 14.9. The number of pyridine rings is 1. The first-order chi connectivity index (χ1) is 10.3. The molecular formula is C18H24N2O. The predicted molar refractivity (Wildman–Crippen MR) is 86.3 cm³/mol. The second kappa shape index (κ2) is 8.42. The first kappa shape index (κ1) is 15.5. The maximum absolute atomic E-state index is 5.76. The molecule has 0 saturated carbocycles. The second-order valence-corrected chi connectivity index (χ2v) is 5.09. The van der Waals surface area contributed by atoms with Gasteiger partial charge in [-0.2, -0.15) is 0 Å². The maximum atomic E-state index is 5.76. The summed E-state index contributed by atoms with van der Waals surface area (Å²) in [7, 11) is 0. The molecule has 0 aliphatic carbocycles. The van der Waals surface area contributed by atoms with Gasteiger partial charge in [-0.15, -0.1) is 0 Å². The van der Waals surface area contributed by atoms with Gasteiger partial charge in [0, 0.05) is 12.2 Å². The number of hydrogen-bond donors (Lipinski definition) is 1. The standard InChI is InChI=1S/C18H24N2O/c1-3-12-20-18(4-2)15-8-10-17(11-9-15)21-14-16-7-5-6-13-19-16/h5-11,13,18,20H,3-4,12,14H2,1-2H3. The van der Waals surface area contributed by atoms with Crippen molar-refractivity contribution in [2.75, 3.05) is 6.54 Å². The average molecular weight is 284 g/mol. The van der Waals surface area contributed by atoms with Crippen molar-refractivity contribution in [3.63, 3.8) is 0 Å². The monoisotopic (exact) mass is 284 g/mol. The molecule has 3 nitrogen and oxygen atoms in total. The Hall–Kier alpha value is -1.87. The van der Waals surface area contributed by atoms with Crippen LogP contribution in [-0.4, -0.2) is 11.5 Å². The molecule has 0 saturated heterocycles. The molecule has 1 atom stereocenters. The lowest BCUT2D eigenvalue weighted by molar-refractivity contribution is 0.301. The Morgan fingerprint density at radius 1 is 1.10 bits per heavy atom. The summed E-state index contributed by atoms with van der Waals surface area (Å²) in [5, 5.41) is 3.56. The molecule has 112 valence electrons. The molecule has 21 heavy (non-hydrogen) atoms. The van der Waals surface area contributed by atoms with Crippen molar-refractivity contribution in [3.05, 3.63) is 59.9 Å². The van der Waals surface area contributed by atoms with Crippen LogP contribution in [0.5, 0.6) is 5.75 Å². The van der Waals surface area contributed by atoms with Crippen LogP contribution >= 0.6 is 0 Å². The van der Waals surface area contributed by atoms with Gasteiger partial charge in [0.05, 0.1) is 5.69 Å². The van der Waals surface area contributed by atoms with Crippen molar-refractivity contribution in [3.8, 4) is 5.75 Å². The van der Waals surface area contributed by atoms with E-state index in [0.29, 0.717) is 12.6 Å². The SMILES string of the molecule is CCCNC(CC)c1ccc(OCc2ccccn2)cc1. The van der Waals surface area contributed by atoms with E-state index in [1.807, 2.05) is 30.3 Å². The number of benzene rings is 1. The Morgan fingerprint density at radius 3 is 2.52 bits per heavy atom. The number of nitrogens with one attached hydrogen (secondary N) is 1. The van der Waals surface area contributed by atoms with Crippen LogP contribution in [0, 0.1) is 0 Å². The van der Waals surface area contributed by atoms with Crippen LogP contribution in [0.4, 0.5) is 0 Å². The molecule has 2 aromatic rings. The van der Waals surface area contributed by atoms with E-state index in [1.54, 1.807) is 6.20 Å². The van der Waals surface area contributed by atoms with E-state index in [1.165, 1.54) is 5.56 Å². The van der Waals surface area contributed by atoms with Crippen LogP contribution < -0.4 is 10.1 Å². The van der Waals surface area contributed by atoms with Crippen molar-refractivity contribution in [1.82, 2.24) is 10.3 Å². The Labute approximate surface area is 127 Å². The Morgan fingerprint density at radius 2 is 1.90 bits per heavy atom. The summed E-state index contributed by atoms with van der Waals surface area (Å²) < 4.78 is 5.76. The maximum Gasteiger partial charge on any atom is 0.130 e. The molecule has 3 heteroatoms. The van der Waals surface area contributed by atoms with Crippen molar-refractivity contribution >= 4 is 0 Å². The minimum absolute atomic E-state index is 0.426.